The van der Waals surface area contributed by atoms with Crippen LogP contribution in [0, 0.1) is 11.8 Å². The zero-order valence-electron chi connectivity index (χ0n) is 9.27. The van der Waals surface area contributed by atoms with E-state index < -0.39 is 0 Å². The van der Waals surface area contributed by atoms with Gasteiger partial charge in [-0.1, -0.05) is 13.8 Å². The van der Waals surface area contributed by atoms with Crippen LogP contribution in [0.4, 0.5) is 0 Å². The number of nitrogens with two attached hydrogens (primary N) is 1. The van der Waals surface area contributed by atoms with Gasteiger partial charge in [0.25, 0.3) is 0 Å². The van der Waals surface area contributed by atoms with Gasteiger partial charge in [0.2, 0.25) is 0 Å². The second-order valence-corrected chi connectivity index (χ2v) is 4.81. The van der Waals surface area contributed by atoms with Crippen molar-refractivity contribution in [1.82, 2.24) is 5.32 Å². The van der Waals surface area contributed by atoms with Crippen LogP contribution in [0.2, 0.25) is 0 Å². The fraction of sp³-hybridized carbons (Fsp3) is 1.00. The highest BCUT2D eigenvalue weighted by molar-refractivity contribution is 4.86. The van der Waals surface area contributed by atoms with Gasteiger partial charge >= 0.3 is 0 Å². The Hall–Kier alpha value is -0.0800. The van der Waals surface area contributed by atoms with Crippen molar-refractivity contribution in [2.45, 2.75) is 45.6 Å². The summed E-state index contributed by atoms with van der Waals surface area (Å²) < 4.78 is 0. The van der Waals surface area contributed by atoms with Crippen LogP contribution in [0.1, 0.15) is 40.0 Å². The molecule has 78 valence electrons. The van der Waals surface area contributed by atoms with Gasteiger partial charge in [-0.15, -0.1) is 0 Å². The quantitative estimate of drug-likeness (QED) is 0.660. The Labute approximate surface area is 82.3 Å². The van der Waals surface area contributed by atoms with Crippen LogP contribution in [0.15, 0.2) is 0 Å². The molecule has 2 heteroatoms. The van der Waals surface area contributed by atoms with Gasteiger partial charge < -0.3 is 11.1 Å². The fourth-order valence-corrected chi connectivity index (χ4v) is 1.58. The number of nitrogens with one attached hydrogen (secondary N) is 1. The van der Waals surface area contributed by atoms with Crippen LogP contribution in [0.3, 0.4) is 0 Å². The first-order chi connectivity index (χ1) is 6.11. The maximum atomic E-state index is 5.73. The molecule has 0 heterocycles. The summed E-state index contributed by atoms with van der Waals surface area (Å²) in [6, 6.07) is 0. The second kappa shape index (κ2) is 4.43. The highest BCUT2D eigenvalue weighted by atomic mass is 15.0. The SMILES string of the molecule is CCC(C)(CN)NCC(C)C1CC1. The largest absolute Gasteiger partial charge is 0.329 e. The van der Waals surface area contributed by atoms with E-state index in [0.29, 0.717) is 0 Å². The molecule has 2 nitrogen and oxygen atoms in total. The monoisotopic (exact) mass is 184 g/mol. The van der Waals surface area contributed by atoms with Crippen molar-refractivity contribution in [2.75, 3.05) is 13.1 Å². The Morgan fingerprint density at radius 1 is 1.54 bits per heavy atom. The number of rotatable bonds is 6. The van der Waals surface area contributed by atoms with Gasteiger partial charge in [0, 0.05) is 12.1 Å². The van der Waals surface area contributed by atoms with E-state index in [2.05, 4.69) is 26.1 Å². The van der Waals surface area contributed by atoms with Gasteiger partial charge in [-0.25, -0.2) is 0 Å². The van der Waals surface area contributed by atoms with Crippen LogP contribution in [-0.4, -0.2) is 18.6 Å². The van der Waals surface area contributed by atoms with Gasteiger partial charge in [-0.2, -0.15) is 0 Å². The molecule has 0 radical (unpaired) electrons. The molecule has 0 aromatic rings. The molecule has 0 saturated heterocycles. The van der Waals surface area contributed by atoms with Crippen molar-refractivity contribution in [3.63, 3.8) is 0 Å². The molecule has 0 amide bonds. The lowest BCUT2D eigenvalue weighted by atomic mass is 9.97. The minimum atomic E-state index is 0.156. The molecule has 0 aromatic heterocycles. The van der Waals surface area contributed by atoms with E-state index in [1.165, 1.54) is 12.8 Å². The third-order valence-electron chi connectivity index (χ3n) is 3.51. The average Bonchev–Trinajstić information content (AvgIpc) is 2.97. The van der Waals surface area contributed by atoms with Crippen molar-refractivity contribution < 1.29 is 0 Å². The van der Waals surface area contributed by atoms with Crippen molar-refractivity contribution in [3.05, 3.63) is 0 Å². The molecule has 2 unspecified atom stereocenters. The minimum absolute atomic E-state index is 0.156. The van der Waals surface area contributed by atoms with E-state index in [-0.39, 0.29) is 5.54 Å². The van der Waals surface area contributed by atoms with Crippen molar-refractivity contribution in [2.24, 2.45) is 17.6 Å². The molecule has 1 rings (SSSR count). The Morgan fingerprint density at radius 2 is 2.15 bits per heavy atom. The maximum Gasteiger partial charge on any atom is 0.0273 e. The van der Waals surface area contributed by atoms with Crippen molar-refractivity contribution >= 4 is 0 Å². The van der Waals surface area contributed by atoms with E-state index in [1.807, 2.05) is 0 Å². The molecule has 1 fully saturated rings. The van der Waals surface area contributed by atoms with Crippen molar-refractivity contribution in [3.8, 4) is 0 Å². The van der Waals surface area contributed by atoms with E-state index in [1.54, 1.807) is 0 Å². The molecule has 2 atom stereocenters. The van der Waals surface area contributed by atoms with Gasteiger partial charge in [-0.05, 0) is 44.6 Å². The fourth-order valence-electron chi connectivity index (χ4n) is 1.58. The minimum Gasteiger partial charge on any atom is -0.329 e. The van der Waals surface area contributed by atoms with Gasteiger partial charge in [-0.3, -0.25) is 0 Å². The molecule has 1 saturated carbocycles. The van der Waals surface area contributed by atoms with Crippen molar-refractivity contribution in [1.29, 1.82) is 0 Å². The molecule has 3 N–H and O–H groups in total. The van der Waals surface area contributed by atoms with Crippen LogP contribution in [0.25, 0.3) is 0 Å². The summed E-state index contributed by atoms with van der Waals surface area (Å²) in [6.45, 7) is 8.62. The molecule has 0 spiro atoms. The van der Waals surface area contributed by atoms with Gasteiger partial charge in [0.05, 0.1) is 0 Å². The predicted octanol–water partition coefficient (Wildman–Crippen LogP) is 1.75. The summed E-state index contributed by atoms with van der Waals surface area (Å²) >= 11 is 0. The standard InChI is InChI=1S/C11H24N2/c1-4-11(3,8-12)13-7-9(2)10-5-6-10/h9-10,13H,4-8,12H2,1-3H3. The first-order valence-corrected chi connectivity index (χ1v) is 5.56. The summed E-state index contributed by atoms with van der Waals surface area (Å²) in [5.41, 5.74) is 5.89. The van der Waals surface area contributed by atoms with Gasteiger partial charge in [0.15, 0.2) is 0 Å². The molecule has 0 aromatic carbocycles. The summed E-state index contributed by atoms with van der Waals surface area (Å²) in [5.74, 6) is 1.82. The maximum absolute atomic E-state index is 5.73. The Bertz CT molecular complexity index is 148. The van der Waals surface area contributed by atoms with E-state index in [9.17, 15) is 0 Å². The highest BCUT2D eigenvalue weighted by Crippen LogP contribution is 2.36. The lowest BCUT2D eigenvalue weighted by Crippen LogP contribution is -2.49. The van der Waals surface area contributed by atoms with Crippen LogP contribution < -0.4 is 11.1 Å². The molecule has 0 bridgehead atoms. The third kappa shape index (κ3) is 3.28. The first-order valence-electron chi connectivity index (χ1n) is 5.56. The summed E-state index contributed by atoms with van der Waals surface area (Å²) in [4.78, 5) is 0. The summed E-state index contributed by atoms with van der Waals surface area (Å²) in [6.07, 6.45) is 3.99. The normalized spacial score (nSPS) is 24.0. The smallest absolute Gasteiger partial charge is 0.0273 e. The van der Waals surface area contributed by atoms with Gasteiger partial charge in [0.1, 0.15) is 0 Å². The molecule has 1 aliphatic rings. The Kier molecular flexibility index (Phi) is 3.74. The van der Waals surface area contributed by atoms with E-state index in [4.69, 9.17) is 5.73 Å². The topological polar surface area (TPSA) is 38.0 Å². The summed E-state index contributed by atoms with van der Waals surface area (Å²) in [7, 11) is 0. The highest BCUT2D eigenvalue weighted by Gasteiger charge is 2.29. The predicted molar refractivity (Wildman–Crippen MR) is 57.6 cm³/mol. The van der Waals surface area contributed by atoms with Crippen LogP contribution >= 0.6 is 0 Å². The Balaban J connectivity index is 2.22. The summed E-state index contributed by atoms with van der Waals surface area (Å²) in [5, 5.41) is 3.59. The molecule has 1 aliphatic carbocycles. The van der Waals surface area contributed by atoms with E-state index in [0.717, 1.165) is 31.3 Å². The molecular weight excluding hydrogens is 160 g/mol. The zero-order valence-corrected chi connectivity index (χ0v) is 9.27. The number of hydrogen-bond acceptors (Lipinski definition) is 2. The first kappa shape index (κ1) is 11.0. The Morgan fingerprint density at radius 3 is 2.54 bits per heavy atom. The number of hydrogen-bond donors (Lipinski definition) is 2. The lowest BCUT2D eigenvalue weighted by Gasteiger charge is -2.29. The average molecular weight is 184 g/mol. The van der Waals surface area contributed by atoms with Crippen LogP contribution in [-0.2, 0) is 0 Å². The molecule has 13 heavy (non-hydrogen) atoms. The third-order valence-corrected chi connectivity index (χ3v) is 3.51. The second-order valence-electron chi connectivity index (χ2n) is 4.81. The lowest BCUT2D eigenvalue weighted by molar-refractivity contribution is 0.316. The van der Waals surface area contributed by atoms with E-state index >= 15 is 0 Å². The van der Waals surface area contributed by atoms with Crippen LogP contribution in [0.5, 0.6) is 0 Å². The molecular formula is C11H24N2. The molecule has 0 aliphatic heterocycles. The zero-order chi connectivity index (χ0) is 9.90.